The first-order chi connectivity index (χ1) is 12.3. The van der Waals surface area contributed by atoms with Gasteiger partial charge in [0.1, 0.15) is 17.9 Å². The molecule has 124 valence electrons. The number of ether oxygens (including phenoxy) is 1. The first kappa shape index (κ1) is 15.1. The first-order valence-electron chi connectivity index (χ1n) is 7.92. The highest BCUT2D eigenvalue weighted by Gasteiger charge is 2.19. The number of anilines is 1. The van der Waals surface area contributed by atoms with E-state index < -0.39 is 0 Å². The Morgan fingerprint density at radius 1 is 1.12 bits per heavy atom. The summed E-state index contributed by atoms with van der Waals surface area (Å²) in [5, 5.41) is 4.57. The molecule has 6 nitrogen and oxygen atoms in total. The summed E-state index contributed by atoms with van der Waals surface area (Å²) in [6.45, 7) is 0. The molecular formula is C19H17N5O. The van der Waals surface area contributed by atoms with Crippen molar-refractivity contribution in [1.29, 1.82) is 0 Å². The van der Waals surface area contributed by atoms with Crippen molar-refractivity contribution in [2.24, 2.45) is 0 Å². The standard InChI is InChI=1S/C19H17N5O/c1-25-14-4-5-17-15(9-14)16(11-22-17)19(13-3-2-7-20-10-13)24-18-6-8-21-12-23-18/h2-12,19,22H,1H3,(H,21,23,24). The third-order valence-corrected chi connectivity index (χ3v) is 4.12. The van der Waals surface area contributed by atoms with Gasteiger partial charge in [-0.2, -0.15) is 0 Å². The van der Waals surface area contributed by atoms with Gasteiger partial charge in [0.15, 0.2) is 0 Å². The van der Waals surface area contributed by atoms with Gasteiger partial charge in [0.2, 0.25) is 0 Å². The smallest absolute Gasteiger partial charge is 0.130 e. The van der Waals surface area contributed by atoms with Gasteiger partial charge in [0.05, 0.1) is 13.2 Å². The molecule has 0 saturated heterocycles. The van der Waals surface area contributed by atoms with Crippen LogP contribution in [-0.4, -0.2) is 27.0 Å². The normalized spacial score (nSPS) is 12.0. The molecule has 25 heavy (non-hydrogen) atoms. The van der Waals surface area contributed by atoms with Crippen molar-refractivity contribution in [1.82, 2.24) is 19.9 Å². The predicted molar refractivity (Wildman–Crippen MR) is 96.6 cm³/mol. The second-order valence-electron chi connectivity index (χ2n) is 5.61. The van der Waals surface area contributed by atoms with Gasteiger partial charge in [-0.05, 0) is 35.9 Å². The number of hydrogen-bond acceptors (Lipinski definition) is 5. The van der Waals surface area contributed by atoms with Gasteiger partial charge in [-0.25, -0.2) is 9.97 Å². The average Bonchev–Trinajstić information content (AvgIpc) is 3.10. The minimum absolute atomic E-state index is 0.107. The summed E-state index contributed by atoms with van der Waals surface area (Å²) in [6.07, 6.45) is 8.88. The van der Waals surface area contributed by atoms with Gasteiger partial charge in [-0.3, -0.25) is 4.98 Å². The van der Waals surface area contributed by atoms with Crippen LogP contribution in [0.2, 0.25) is 0 Å². The highest BCUT2D eigenvalue weighted by atomic mass is 16.5. The topological polar surface area (TPSA) is 75.7 Å². The van der Waals surface area contributed by atoms with E-state index in [2.05, 4.69) is 25.3 Å². The second-order valence-corrected chi connectivity index (χ2v) is 5.61. The van der Waals surface area contributed by atoms with E-state index in [-0.39, 0.29) is 6.04 Å². The van der Waals surface area contributed by atoms with Gasteiger partial charge < -0.3 is 15.0 Å². The van der Waals surface area contributed by atoms with Crippen LogP contribution in [0.25, 0.3) is 10.9 Å². The number of H-pyrrole nitrogens is 1. The van der Waals surface area contributed by atoms with E-state index in [1.807, 2.05) is 48.8 Å². The van der Waals surface area contributed by atoms with E-state index in [1.54, 1.807) is 19.5 Å². The number of fused-ring (bicyclic) bond motifs is 1. The minimum atomic E-state index is -0.107. The van der Waals surface area contributed by atoms with Crippen LogP contribution in [0.4, 0.5) is 5.82 Å². The van der Waals surface area contributed by atoms with Gasteiger partial charge in [-0.15, -0.1) is 0 Å². The molecule has 0 amide bonds. The number of pyridine rings is 1. The fourth-order valence-electron chi connectivity index (χ4n) is 2.90. The van der Waals surface area contributed by atoms with Crippen molar-refractivity contribution >= 4 is 16.7 Å². The van der Waals surface area contributed by atoms with Crippen molar-refractivity contribution < 1.29 is 4.74 Å². The van der Waals surface area contributed by atoms with Crippen LogP contribution in [0.3, 0.4) is 0 Å². The van der Waals surface area contributed by atoms with E-state index in [1.165, 1.54) is 6.33 Å². The summed E-state index contributed by atoms with van der Waals surface area (Å²) in [5.74, 6) is 1.57. The Balaban J connectivity index is 1.83. The molecule has 6 heteroatoms. The summed E-state index contributed by atoms with van der Waals surface area (Å²) in [7, 11) is 1.67. The lowest BCUT2D eigenvalue weighted by molar-refractivity contribution is 0.415. The van der Waals surface area contributed by atoms with E-state index in [0.717, 1.165) is 33.6 Å². The highest BCUT2D eigenvalue weighted by Crippen LogP contribution is 2.33. The Kier molecular flexibility index (Phi) is 4.00. The molecule has 0 aliphatic carbocycles. The molecule has 2 N–H and O–H groups in total. The summed E-state index contributed by atoms with van der Waals surface area (Å²) < 4.78 is 5.38. The minimum Gasteiger partial charge on any atom is -0.497 e. The molecule has 4 aromatic rings. The Bertz CT molecular complexity index is 969. The Morgan fingerprint density at radius 2 is 2.08 bits per heavy atom. The maximum atomic E-state index is 5.38. The molecular weight excluding hydrogens is 314 g/mol. The summed E-state index contributed by atoms with van der Waals surface area (Å²) in [5.41, 5.74) is 3.19. The zero-order valence-corrected chi connectivity index (χ0v) is 13.7. The van der Waals surface area contributed by atoms with Gasteiger partial charge in [0, 0.05) is 41.3 Å². The number of rotatable bonds is 5. The van der Waals surface area contributed by atoms with Crippen LogP contribution < -0.4 is 10.1 Å². The van der Waals surface area contributed by atoms with Crippen molar-refractivity contribution in [2.75, 3.05) is 12.4 Å². The maximum absolute atomic E-state index is 5.38. The summed E-state index contributed by atoms with van der Waals surface area (Å²) in [6, 6.07) is 11.7. The SMILES string of the molecule is COc1ccc2[nH]cc(C(Nc3ccncn3)c3cccnc3)c2c1. The highest BCUT2D eigenvalue weighted by molar-refractivity contribution is 5.86. The molecule has 3 heterocycles. The van der Waals surface area contributed by atoms with Crippen LogP contribution >= 0.6 is 0 Å². The van der Waals surface area contributed by atoms with E-state index >= 15 is 0 Å². The molecule has 0 spiro atoms. The van der Waals surface area contributed by atoms with Crippen LogP contribution in [0.1, 0.15) is 17.2 Å². The number of aromatic amines is 1. The van der Waals surface area contributed by atoms with Gasteiger partial charge in [0.25, 0.3) is 0 Å². The largest absolute Gasteiger partial charge is 0.497 e. The summed E-state index contributed by atoms with van der Waals surface area (Å²) in [4.78, 5) is 15.9. The molecule has 0 radical (unpaired) electrons. The van der Waals surface area contributed by atoms with E-state index in [0.29, 0.717) is 0 Å². The first-order valence-corrected chi connectivity index (χ1v) is 7.92. The van der Waals surface area contributed by atoms with Gasteiger partial charge >= 0.3 is 0 Å². The monoisotopic (exact) mass is 331 g/mol. The number of methoxy groups -OCH3 is 1. The van der Waals surface area contributed by atoms with E-state index in [9.17, 15) is 0 Å². The molecule has 1 aromatic carbocycles. The molecule has 0 aliphatic rings. The fourth-order valence-corrected chi connectivity index (χ4v) is 2.90. The number of benzene rings is 1. The van der Waals surface area contributed by atoms with Crippen molar-refractivity contribution in [3.63, 3.8) is 0 Å². The van der Waals surface area contributed by atoms with Gasteiger partial charge in [-0.1, -0.05) is 6.07 Å². The van der Waals surface area contributed by atoms with Crippen molar-refractivity contribution in [3.8, 4) is 5.75 Å². The Labute approximate surface area is 144 Å². The van der Waals surface area contributed by atoms with Crippen molar-refractivity contribution in [3.05, 3.63) is 78.6 Å². The van der Waals surface area contributed by atoms with Crippen molar-refractivity contribution in [2.45, 2.75) is 6.04 Å². The molecule has 0 fully saturated rings. The zero-order valence-electron chi connectivity index (χ0n) is 13.7. The van der Waals surface area contributed by atoms with E-state index in [4.69, 9.17) is 4.74 Å². The number of nitrogens with zero attached hydrogens (tertiary/aromatic N) is 3. The zero-order chi connectivity index (χ0) is 17.1. The summed E-state index contributed by atoms with van der Waals surface area (Å²) >= 11 is 0. The third kappa shape index (κ3) is 3.01. The third-order valence-electron chi connectivity index (χ3n) is 4.12. The molecule has 1 atom stereocenters. The lowest BCUT2D eigenvalue weighted by atomic mass is 9.99. The quantitative estimate of drug-likeness (QED) is 0.585. The molecule has 0 bridgehead atoms. The molecule has 4 rings (SSSR count). The molecule has 0 aliphatic heterocycles. The molecule has 3 aromatic heterocycles. The number of hydrogen-bond donors (Lipinski definition) is 2. The number of aromatic nitrogens is 4. The predicted octanol–water partition coefficient (Wildman–Crippen LogP) is 3.56. The van der Waals surface area contributed by atoms with Crippen LogP contribution in [0, 0.1) is 0 Å². The van der Waals surface area contributed by atoms with Crippen LogP contribution in [0.5, 0.6) is 5.75 Å². The van der Waals surface area contributed by atoms with Crippen LogP contribution in [-0.2, 0) is 0 Å². The second kappa shape index (κ2) is 6.60. The number of nitrogens with one attached hydrogen (secondary N) is 2. The maximum Gasteiger partial charge on any atom is 0.130 e. The lowest BCUT2D eigenvalue weighted by Crippen LogP contribution is -2.13. The Hall–Kier alpha value is -3.41. The molecule has 0 saturated carbocycles. The fraction of sp³-hybridized carbons (Fsp3) is 0.105. The lowest BCUT2D eigenvalue weighted by Gasteiger charge is -2.19. The van der Waals surface area contributed by atoms with Crippen LogP contribution in [0.15, 0.2) is 67.5 Å². The molecule has 1 unspecified atom stereocenters. The average molecular weight is 331 g/mol. The Morgan fingerprint density at radius 3 is 2.84 bits per heavy atom.